The van der Waals surface area contributed by atoms with Crippen molar-refractivity contribution in [3.63, 3.8) is 0 Å². The number of aromatic nitrogens is 6. The second-order valence-electron chi connectivity index (χ2n) is 12.8. The zero-order valence-corrected chi connectivity index (χ0v) is 36.4. The number of para-hydroxylation sites is 2. The Balaban J connectivity index is 0.00000476. The normalized spacial score (nSPS) is 11.3. The van der Waals surface area contributed by atoms with Gasteiger partial charge in [-0.25, -0.2) is 19.4 Å². The average molecular weight is 965 g/mol. The van der Waals surface area contributed by atoms with Gasteiger partial charge in [0.25, 0.3) is 32.1 Å². The molecule has 0 aliphatic heterocycles. The van der Waals surface area contributed by atoms with Gasteiger partial charge in [0, 0.05) is 22.7 Å². The molecule has 0 atom stereocenters. The molecule has 2 aromatic heterocycles. The molecule has 26 heteroatoms. The van der Waals surface area contributed by atoms with E-state index in [0.717, 1.165) is 22.6 Å². The summed E-state index contributed by atoms with van der Waals surface area (Å²) in [6.45, 7) is 7.85. The van der Waals surface area contributed by atoms with Crippen LogP contribution in [-0.4, -0.2) is 141 Å². The van der Waals surface area contributed by atoms with Gasteiger partial charge in [-0.2, -0.15) is 46.7 Å². The van der Waals surface area contributed by atoms with Gasteiger partial charge >= 0.3 is 59.1 Å². The van der Waals surface area contributed by atoms with Gasteiger partial charge in [0.15, 0.2) is 0 Å². The number of hydrogen-bond donors (Lipinski definition) is 6. The van der Waals surface area contributed by atoms with E-state index in [9.17, 15) is 25.9 Å². The molecular weight excluding hydrogens is 919 g/mol. The van der Waals surface area contributed by atoms with Gasteiger partial charge in [-0.1, -0.05) is 71.1 Å². The molecule has 0 aliphatic carbocycles. The SMILES string of the molecule is CCON(OCC)c1nc(Nc2ccccc2)nc(Nc2ccc(C=Cc3ccc(Nc4nc(Nc5ccccc5)nc(N(OCC)OCC)n4)cc3S(=O)(=O)O)c(S(=O)(=O)O)c2)n1.[NaH].[NaH]. The van der Waals surface area contributed by atoms with Crippen molar-refractivity contribution < 1.29 is 45.3 Å². The molecule has 22 nitrogen and oxygen atoms in total. The Kier molecular flexibility index (Phi) is 20.6. The van der Waals surface area contributed by atoms with E-state index in [1.165, 1.54) is 36.4 Å². The van der Waals surface area contributed by atoms with E-state index < -0.39 is 30.0 Å². The molecule has 0 saturated carbocycles. The van der Waals surface area contributed by atoms with Crippen molar-refractivity contribution in [2.24, 2.45) is 0 Å². The molecule has 6 aromatic rings. The van der Waals surface area contributed by atoms with E-state index in [-0.39, 0.29) is 144 Å². The first kappa shape index (κ1) is 53.7. The number of benzene rings is 4. The second-order valence-corrected chi connectivity index (χ2v) is 15.6. The van der Waals surface area contributed by atoms with Crippen LogP contribution in [0.3, 0.4) is 0 Å². The maximum atomic E-state index is 12.7. The Labute approximate surface area is 425 Å². The van der Waals surface area contributed by atoms with Crippen LogP contribution < -0.4 is 31.7 Å². The van der Waals surface area contributed by atoms with Crippen molar-refractivity contribution in [3.05, 3.63) is 108 Å². The van der Waals surface area contributed by atoms with E-state index in [2.05, 4.69) is 51.2 Å². The third-order valence-corrected chi connectivity index (χ3v) is 9.98. The molecule has 6 rings (SSSR count). The van der Waals surface area contributed by atoms with Crippen molar-refractivity contribution in [1.82, 2.24) is 29.9 Å². The zero-order valence-electron chi connectivity index (χ0n) is 34.8. The van der Waals surface area contributed by atoms with Crippen LogP contribution in [0.1, 0.15) is 38.8 Å². The van der Waals surface area contributed by atoms with Crippen LogP contribution in [0.15, 0.2) is 107 Å². The Morgan fingerprint density at radius 2 is 0.773 bits per heavy atom. The summed E-state index contributed by atoms with van der Waals surface area (Å²) in [6, 6.07) is 26.0. The van der Waals surface area contributed by atoms with Gasteiger partial charge in [-0.05, 0) is 87.4 Å². The summed E-state index contributed by atoms with van der Waals surface area (Å²) in [4.78, 5) is 47.4. The zero-order chi connectivity index (χ0) is 45.7. The van der Waals surface area contributed by atoms with Gasteiger partial charge in [-0.15, -0.1) is 0 Å². The van der Waals surface area contributed by atoms with Crippen LogP contribution in [0, 0.1) is 0 Å². The monoisotopic (exact) mass is 964 g/mol. The quantitative estimate of drug-likeness (QED) is 0.0202. The van der Waals surface area contributed by atoms with Crippen LogP contribution in [-0.2, 0) is 39.6 Å². The molecule has 0 amide bonds. The number of anilines is 10. The summed E-state index contributed by atoms with van der Waals surface area (Å²) < 4.78 is 71.6. The molecule has 340 valence electrons. The molecule has 0 bridgehead atoms. The fourth-order valence-electron chi connectivity index (χ4n) is 5.58. The summed E-state index contributed by atoms with van der Waals surface area (Å²) in [5.41, 5.74) is 1.51. The Morgan fingerprint density at radius 1 is 0.470 bits per heavy atom. The van der Waals surface area contributed by atoms with Gasteiger partial charge in [0.1, 0.15) is 9.79 Å². The predicted octanol–water partition coefficient (Wildman–Crippen LogP) is 5.82. The molecule has 0 fully saturated rings. The third kappa shape index (κ3) is 15.3. The van der Waals surface area contributed by atoms with Crippen LogP contribution in [0.4, 0.5) is 58.4 Å². The number of rotatable bonds is 22. The second kappa shape index (κ2) is 25.3. The molecule has 0 unspecified atom stereocenters. The van der Waals surface area contributed by atoms with E-state index in [1.54, 1.807) is 52.0 Å². The van der Waals surface area contributed by atoms with E-state index in [0.29, 0.717) is 11.4 Å². The summed E-state index contributed by atoms with van der Waals surface area (Å²) >= 11 is 0. The summed E-state index contributed by atoms with van der Waals surface area (Å²) in [6.07, 6.45) is 2.51. The van der Waals surface area contributed by atoms with Crippen LogP contribution in [0.5, 0.6) is 0 Å². The molecule has 2 heterocycles. The molecule has 0 aliphatic rings. The van der Waals surface area contributed by atoms with Crippen LogP contribution in [0.25, 0.3) is 12.2 Å². The molecule has 0 saturated heterocycles. The molecule has 6 N–H and O–H groups in total. The summed E-state index contributed by atoms with van der Waals surface area (Å²) in [5.74, 6) is -0.00780. The minimum absolute atomic E-state index is 0. The van der Waals surface area contributed by atoms with Gasteiger partial charge in [0.05, 0.1) is 26.4 Å². The number of hydrogen-bond acceptors (Lipinski definition) is 20. The Bertz CT molecular complexity index is 2590. The van der Waals surface area contributed by atoms with Gasteiger partial charge < -0.3 is 21.3 Å². The van der Waals surface area contributed by atoms with Crippen LogP contribution >= 0.6 is 0 Å². The van der Waals surface area contributed by atoms with E-state index >= 15 is 0 Å². The minimum atomic E-state index is -4.89. The van der Waals surface area contributed by atoms with Crippen molar-refractivity contribution in [3.8, 4) is 0 Å². The fraction of sp³-hybridized carbons (Fsp3) is 0.200. The average Bonchev–Trinajstić information content (AvgIpc) is 3.26. The first-order valence-electron chi connectivity index (χ1n) is 19.5. The fourth-order valence-corrected chi connectivity index (χ4v) is 7.00. The topological polar surface area (TPSA) is 278 Å². The maximum absolute atomic E-state index is 12.7. The van der Waals surface area contributed by atoms with Gasteiger partial charge in [-0.3, -0.25) is 9.11 Å². The van der Waals surface area contributed by atoms with Crippen LogP contribution in [0.2, 0.25) is 0 Å². The molecule has 0 radical (unpaired) electrons. The molecular formula is C40H46N12Na2O10S2. The van der Waals surface area contributed by atoms with Crippen molar-refractivity contribution in [2.75, 3.05) is 58.1 Å². The van der Waals surface area contributed by atoms with Crippen molar-refractivity contribution in [1.29, 1.82) is 0 Å². The predicted molar refractivity (Wildman–Crippen MR) is 253 cm³/mol. The first-order chi connectivity index (χ1) is 30.8. The standard InChI is InChI=1S/C40H44N12O10S2.2Na.2H/c1-5-59-51(60-6-2)39-47-35(41-29-15-11-9-12-16-29)45-37(49-39)43-31-23-21-27(33(25-31)63(53,54)55)19-20-28-22-24-32(26-34(28)64(56,57)58)44-38-46-36(42-30-17-13-10-14-18-30)48-40(50-38)52(61-7-3)62-8-4;;;;/h9-26H,5-8H2,1-4H3,(H,53,54,55)(H,56,57,58)(H2,41,43,45,47,49)(H2,42,44,46,48,50);;;;. The summed E-state index contributed by atoms with van der Waals surface area (Å²) in [5, 5.41) is 14.0. The molecule has 0 spiro atoms. The third-order valence-electron chi connectivity index (χ3n) is 8.16. The molecule has 66 heavy (non-hydrogen) atoms. The van der Waals surface area contributed by atoms with Crippen molar-refractivity contribution in [2.45, 2.75) is 37.5 Å². The summed E-state index contributed by atoms with van der Waals surface area (Å²) in [7, 11) is -9.77. The Hall–Kier alpha value is -4.90. The van der Waals surface area contributed by atoms with Gasteiger partial charge in [0.2, 0.25) is 23.8 Å². The first-order valence-corrected chi connectivity index (χ1v) is 22.4. The van der Waals surface area contributed by atoms with E-state index in [1.807, 2.05) is 36.4 Å². The molecule has 4 aromatic carbocycles. The van der Waals surface area contributed by atoms with Crippen molar-refractivity contribution >= 4 is 150 Å². The Morgan fingerprint density at radius 3 is 1.06 bits per heavy atom. The number of nitrogens with one attached hydrogen (secondary N) is 4. The van der Waals surface area contributed by atoms with E-state index in [4.69, 9.17) is 19.4 Å². The number of nitrogens with zero attached hydrogens (tertiary/aromatic N) is 8.